The van der Waals surface area contributed by atoms with Gasteiger partial charge in [-0.3, -0.25) is 38.7 Å². The van der Waals surface area contributed by atoms with E-state index in [4.69, 9.17) is 14.2 Å². The largest absolute Gasteiger partial charge is 0.480 e. The Morgan fingerprint density at radius 3 is 1.62 bits per heavy atom. The molecular formula is C26H39N3O11. The van der Waals surface area contributed by atoms with Crippen molar-refractivity contribution >= 4 is 29.8 Å². The molecule has 1 unspecified atom stereocenters. The van der Waals surface area contributed by atoms with Gasteiger partial charge in [-0.1, -0.05) is 30.3 Å². The molecule has 0 fully saturated rings. The molecule has 1 aromatic rings. The number of hydrogen-bond donors (Lipinski definition) is 1. The molecule has 0 aliphatic heterocycles. The van der Waals surface area contributed by atoms with Crippen LogP contribution in [-0.2, 0) is 54.3 Å². The topological polar surface area (TPSA) is 161 Å². The summed E-state index contributed by atoms with van der Waals surface area (Å²) in [5.41, 5.74) is 0.860. The molecule has 0 aliphatic rings. The molecule has 0 spiro atoms. The monoisotopic (exact) mass is 569 g/mol. The van der Waals surface area contributed by atoms with Crippen molar-refractivity contribution in [2.75, 3.05) is 87.4 Å². The van der Waals surface area contributed by atoms with Crippen LogP contribution in [0.2, 0.25) is 0 Å². The number of nitrogens with zero attached hydrogens (tertiary/aromatic N) is 3. The van der Waals surface area contributed by atoms with E-state index in [2.05, 4.69) is 9.47 Å². The number of carbonyl (C=O) groups is 5. The lowest BCUT2D eigenvalue weighted by molar-refractivity contribution is -0.151. The molecule has 0 heterocycles. The van der Waals surface area contributed by atoms with E-state index >= 15 is 0 Å². The summed E-state index contributed by atoms with van der Waals surface area (Å²) in [4.78, 5) is 64.5. The van der Waals surface area contributed by atoms with Crippen LogP contribution in [-0.4, -0.2) is 143 Å². The van der Waals surface area contributed by atoms with Crippen molar-refractivity contribution in [1.82, 2.24) is 14.7 Å². The maximum absolute atomic E-state index is 12.1. The van der Waals surface area contributed by atoms with E-state index in [1.165, 1.54) is 38.2 Å². The number of carbonyl (C=O) groups excluding carboxylic acids is 4. The van der Waals surface area contributed by atoms with Crippen molar-refractivity contribution in [1.29, 1.82) is 0 Å². The first-order valence-corrected chi connectivity index (χ1v) is 12.4. The van der Waals surface area contributed by atoms with Gasteiger partial charge in [0, 0.05) is 26.2 Å². The molecule has 0 aliphatic carbocycles. The van der Waals surface area contributed by atoms with Gasteiger partial charge in [0.25, 0.3) is 0 Å². The van der Waals surface area contributed by atoms with Crippen LogP contribution in [0.4, 0.5) is 0 Å². The highest BCUT2D eigenvalue weighted by molar-refractivity contribution is 5.76. The molecule has 0 saturated heterocycles. The number of methoxy groups -OCH3 is 4. The first-order valence-electron chi connectivity index (χ1n) is 12.4. The number of hydrogen-bond acceptors (Lipinski definition) is 13. The maximum atomic E-state index is 12.1. The van der Waals surface area contributed by atoms with E-state index in [0.717, 1.165) is 5.56 Å². The summed E-state index contributed by atoms with van der Waals surface area (Å²) in [5, 5.41) is 9.91. The number of rotatable bonds is 20. The second kappa shape index (κ2) is 19.5. The van der Waals surface area contributed by atoms with Crippen LogP contribution in [0.15, 0.2) is 30.3 Å². The third-order valence-electron chi connectivity index (χ3n) is 5.85. The molecule has 14 nitrogen and oxygen atoms in total. The summed E-state index contributed by atoms with van der Waals surface area (Å²) in [6.45, 7) is -0.341. The van der Waals surface area contributed by atoms with Crippen molar-refractivity contribution in [2.24, 2.45) is 0 Å². The van der Waals surface area contributed by atoms with E-state index in [1.54, 1.807) is 4.90 Å². The predicted molar refractivity (Wildman–Crippen MR) is 140 cm³/mol. The molecule has 1 N–H and O–H groups in total. The highest BCUT2D eigenvalue weighted by atomic mass is 16.5. The molecule has 40 heavy (non-hydrogen) atoms. The Hall–Kier alpha value is -3.59. The standard InChI is InChI=1S/C26H39N3O11/c1-36-22(30)14-27(10-11-28(15-23(31)37-2)16-24(32)38-3)12-13-29(17-25(33)39-4)21(26(34)35)19-40-18-20-8-6-5-7-9-20/h5-9,21H,10-19H2,1-4H3,(H,34,35). The average Bonchev–Trinajstić information content (AvgIpc) is 2.95. The Bertz CT molecular complexity index is 927. The van der Waals surface area contributed by atoms with Crippen molar-refractivity contribution in [3.63, 3.8) is 0 Å². The number of ether oxygens (including phenoxy) is 5. The lowest BCUT2D eigenvalue weighted by Gasteiger charge is -2.31. The fraction of sp³-hybridized carbons (Fsp3) is 0.577. The van der Waals surface area contributed by atoms with Gasteiger partial charge in [0.15, 0.2) is 0 Å². The van der Waals surface area contributed by atoms with E-state index in [9.17, 15) is 29.1 Å². The first-order chi connectivity index (χ1) is 19.1. The van der Waals surface area contributed by atoms with Gasteiger partial charge in [0.05, 0.1) is 67.8 Å². The molecule has 0 radical (unpaired) electrons. The minimum atomic E-state index is -1.20. The predicted octanol–water partition coefficient (Wildman–Crippen LogP) is -0.746. The van der Waals surface area contributed by atoms with Gasteiger partial charge >= 0.3 is 29.8 Å². The number of aliphatic carboxylic acids is 1. The Morgan fingerprint density at radius 1 is 0.675 bits per heavy atom. The quantitative estimate of drug-likeness (QED) is 0.154. The van der Waals surface area contributed by atoms with Crippen LogP contribution < -0.4 is 0 Å². The number of carboxylic acid groups (broad SMARTS) is 1. The van der Waals surface area contributed by atoms with E-state index in [0.29, 0.717) is 0 Å². The van der Waals surface area contributed by atoms with Crippen LogP contribution in [0.25, 0.3) is 0 Å². The Balaban J connectivity index is 2.98. The highest BCUT2D eigenvalue weighted by Crippen LogP contribution is 2.07. The number of carboxylic acids is 1. The minimum absolute atomic E-state index is 0.0474. The lowest BCUT2D eigenvalue weighted by atomic mass is 10.2. The van der Waals surface area contributed by atoms with Gasteiger partial charge in [-0.25, -0.2) is 0 Å². The number of benzene rings is 1. The molecule has 1 rings (SSSR count). The van der Waals surface area contributed by atoms with Crippen LogP contribution in [0.1, 0.15) is 5.56 Å². The number of esters is 4. The summed E-state index contributed by atoms with van der Waals surface area (Å²) in [6, 6.07) is 8.03. The molecule has 14 heteroatoms. The van der Waals surface area contributed by atoms with Crippen molar-refractivity contribution in [3.05, 3.63) is 35.9 Å². The molecular weight excluding hydrogens is 530 g/mol. The molecule has 0 amide bonds. The summed E-state index contributed by atoms with van der Waals surface area (Å²) in [6.07, 6.45) is 0. The van der Waals surface area contributed by atoms with Crippen molar-refractivity contribution < 1.29 is 52.8 Å². The van der Waals surface area contributed by atoms with Crippen molar-refractivity contribution in [2.45, 2.75) is 12.6 Å². The summed E-state index contributed by atoms with van der Waals surface area (Å²) >= 11 is 0. The Morgan fingerprint density at radius 2 is 1.12 bits per heavy atom. The SMILES string of the molecule is COC(=O)CN(CCN(CC(=O)OC)CC(=O)OC)CCN(CC(=O)OC)C(COCc1ccccc1)C(=O)O. The first kappa shape index (κ1) is 34.4. The van der Waals surface area contributed by atoms with Crippen LogP contribution in [0.5, 0.6) is 0 Å². The fourth-order valence-corrected chi connectivity index (χ4v) is 3.55. The summed E-state index contributed by atoms with van der Waals surface area (Å²) in [7, 11) is 4.87. The molecule has 1 aromatic carbocycles. The smallest absolute Gasteiger partial charge is 0.323 e. The van der Waals surface area contributed by atoms with Gasteiger partial charge in [-0.05, 0) is 5.56 Å². The van der Waals surface area contributed by atoms with Crippen molar-refractivity contribution in [3.8, 4) is 0 Å². The molecule has 1 atom stereocenters. The van der Waals surface area contributed by atoms with E-state index in [1.807, 2.05) is 30.3 Å². The maximum Gasteiger partial charge on any atom is 0.323 e. The summed E-state index contributed by atoms with van der Waals surface area (Å²) in [5.74, 6) is -3.51. The van der Waals surface area contributed by atoms with Gasteiger partial charge in [0.1, 0.15) is 6.04 Å². The lowest BCUT2D eigenvalue weighted by Crippen LogP contribution is -2.51. The van der Waals surface area contributed by atoms with Gasteiger partial charge in [-0.2, -0.15) is 0 Å². The Kier molecular flexibility index (Phi) is 16.8. The fourth-order valence-electron chi connectivity index (χ4n) is 3.55. The minimum Gasteiger partial charge on any atom is -0.480 e. The second-order valence-corrected chi connectivity index (χ2v) is 8.62. The molecule has 0 saturated carbocycles. The van der Waals surface area contributed by atoms with Crippen LogP contribution in [0, 0.1) is 0 Å². The van der Waals surface area contributed by atoms with Crippen LogP contribution >= 0.6 is 0 Å². The zero-order chi connectivity index (χ0) is 29.9. The molecule has 224 valence electrons. The van der Waals surface area contributed by atoms with E-state index < -0.39 is 35.9 Å². The normalized spacial score (nSPS) is 11.8. The van der Waals surface area contributed by atoms with Gasteiger partial charge in [-0.15, -0.1) is 0 Å². The van der Waals surface area contributed by atoms with Crippen LogP contribution in [0.3, 0.4) is 0 Å². The third-order valence-corrected chi connectivity index (χ3v) is 5.85. The average molecular weight is 570 g/mol. The molecule has 0 bridgehead atoms. The summed E-state index contributed by atoms with van der Waals surface area (Å²) < 4.78 is 24.5. The second-order valence-electron chi connectivity index (χ2n) is 8.62. The Labute approximate surface area is 233 Å². The molecule has 0 aromatic heterocycles. The van der Waals surface area contributed by atoms with E-state index in [-0.39, 0.29) is 65.6 Å². The zero-order valence-corrected chi connectivity index (χ0v) is 23.4. The third kappa shape index (κ3) is 14.0. The zero-order valence-electron chi connectivity index (χ0n) is 23.4. The highest BCUT2D eigenvalue weighted by Gasteiger charge is 2.29. The van der Waals surface area contributed by atoms with Gasteiger partial charge < -0.3 is 28.8 Å². The van der Waals surface area contributed by atoms with Gasteiger partial charge in [0.2, 0.25) is 0 Å².